The molecule has 0 bridgehead atoms. The van der Waals surface area contributed by atoms with Crippen molar-refractivity contribution >= 4 is 44.9 Å². The summed E-state index contributed by atoms with van der Waals surface area (Å²) in [5.41, 5.74) is 10.3. The Morgan fingerprint density at radius 3 is 1.73 bits per heavy atom. The smallest absolute Gasteiger partial charge is 0.171 e. The zero-order chi connectivity index (χ0) is 33.0. The van der Waals surface area contributed by atoms with Gasteiger partial charge in [0.2, 0.25) is 0 Å². The van der Waals surface area contributed by atoms with Crippen molar-refractivity contribution in [3.05, 3.63) is 203 Å². The van der Waals surface area contributed by atoms with E-state index in [0.717, 1.165) is 15.9 Å². The summed E-state index contributed by atoms with van der Waals surface area (Å²) in [4.78, 5) is 0. The Bertz CT molecular complexity index is 2630. The largest absolute Gasteiger partial charge is 0.309 e. The Labute approximate surface area is 286 Å². The first-order valence-corrected chi connectivity index (χ1v) is 18.8. The lowest BCUT2D eigenvalue weighted by Crippen LogP contribution is -2.44. The number of para-hydroxylation sites is 3. The first-order chi connectivity index (χ1) is 24.0. The van der Waals surface area contributed by atoms with Crippen molar-refractivity contribution in [2.75, 3.05) is 0 Å². The van der Waals surface area contributed by atoms with Gasteiger partial charge in [0.25, 0.3) is 0 Å². The molecule has 0 N–H and O–H groups in total. The molecule has 10 rings (SSSR count). The van der Waals surface area contributed by atoms with Crippen molar-refractivity contribution in [1.29, 1.82) is 0 Å². The van der Waals surface area contributed by atoms with E-state index in [2.05, 4.69) is 128 Å². The molecule has 234 valence electrons. The molecule has 2 heterocycles. The third kappa shape index (κ3) is 3.55. The Hall–Kier alpha value is -5.43. The minimum atomic E-state index is -3.25. The van der Waals surface area contributed by atoms with Crippen molar-refractivity contribution in [2.24, 2.45) is 0 Å². The maximum absolute atomic E-state index is 15.9. The van der Waals surface area contributed by atoms with Crippen molar-refractivity contribution in [3.8, 4) is 5.69 Å². The number of nitrogens with zero attached hydrogens (tertiary/aromatic N) is 1. The average molecular weight is 648 g/mol. The summed E-state index contributed by atoms with van der Waals surface area (Å²) in [7, 11) is -3.25. The van der Waals surface area contributed by atoms with Gasteiger partial charge in [0.15, 0.2) is 7.14 Å². The molecule has 2 aliphatic rings. The molecule has 3 heteroatoms. The van der Waals surface area contributed by atoms with Crippen LogP contribution in [0.3, 0.4) is 0 Å². The van der Waals surface area contributed by atoms with Crippen LogP contribution in [0.2, 0.25) is 0 Å². The van der Waals surface area contributed by atoms with Crippen LogP contribution in [0.4, 0.5) is 0 Å². The third-order valence-corrected chi connectivity index (χ3v) is 14.4. The fourth-order valence-corrected chi connectivity index (χ4v) is 11.9. The molecule has 1 atom stereocenters. The maximum atomic E-state index is 15.9. The van der Waals surface area contributed by atoms with Crippen LogP contribution in [0, 0.1) is 0 Å². The van der Waals surface area contributed by atoms with Gasteiger partial charge in [-0.1, -0.05) is 166 Å². The van der Waals surface area contributed by atoms with Crippen LogP contribution >= 0.6 is 7.14 Å². The molecule has 1 spiro atoms. The predicted molar refractivity (Wildman–Crippen MR) is 204 cm³/mol. The normalized spacial score (nSPS) is 17.1. The van der Waals surface area contributed by atoms with Gasteiger partial charge in [-0.25, -0.2) is 0 Å². The fraction of sp³-hybridized carbons (Fsp3) is 0.0870. The molecule has 1 aliphatic carbocycles. The number of rotatable bonds is 3. The van der Waals surface area contributed by atoms with Crippen LogP contribution in [0.5, 0.6) is 0 Å². The quantitative estimate of drug-likeness (QED) is 0.175. The molecule has 7 aromatic carbocycles. The molecule has 0 saturated heterocycles. The first-order valence-electron chi connectivity index (χ1n) is 17.1. The first kappa shape index (κ1) is 28.6. The molecule has 8 aromatic rings. The SMILES string of the molecule is CC1(C)c2ccccc2C2(c3ccccc3-n3c4ccccc4c4cccc2c43)c2cc(P(=O)(c3ccccc3)c3ccccc3)ccc21. The second-order valence-corrected chi connectivity index (χ2v) is 16.8. The van der Waals surface area contributed by atoms with Crippen LogP contribution in [-0.4, -0.2) is 4.57 Å². The number of benzene rings is 7. The van der Waals surface area contributed by atoms with Crippen LogP contribution in [0.15, 0.2) is 170 Å². The van der Waals surface area contributed by atoms with E-state index >= 15 is 4.57 Å². The van der Waals surface area contributed by atoms with Crippen molar-refractivity contribution in [3.63, 3.8) is 0 Å². The second-order valence-electron chi connectivity index (χ2n) is 14.0. The van der Waals surface area contributed by atoms with E-state index in [-0.39, 0.29) is 5.41 Å². The summed E-state index contributed by atoms with van der Waals surface area (Å²) in [6.45, 7) is 4.69. The highest BCUT2D eigenvalue weighted by Gasteiger charge is 2.53. The van der Waals surface area contributed by atoms with Gasteiger partial charge in [0.05, 0.1) is 22.1 Å². The summed E-state index contributed by atoms with van der Waals surface area (Å²) >= 11 is 0. The van der Waals surface area contributed by atoms with E-state index in [1.165, 1.54) is 60.9 Å². The standard InChI is InChI=1S/C46H34NOP/c1-45(2)36-22-10-11-23-38(36)46(39-24-12-14-27-43(39)47-42-26-13-9-20-34(42)35-21-15-25-40(46)44(35)47)41-30-33(28-29-37(41)45)49(48,31-16-5-3-6-17-31)32-18-7-4-8-19-32/h3-30H,1-2H3. The summed E-state index contributed by atoms with van der Waals surface area (Å²) in [5.74, 6) is 0. The van der Waals surface area contributed by atoms with Gasteiger partial charge in [-0.2, -0.15) is 0 Å². The monoisotopic (exact) mass is 647 g/mol. The van der Waals surface area contributed by atoms with Crippen LogP contribution in [0.25, 0.3) is 27.5 Å². The molecule has 1 aromatic heterocycles. The zero-order valence-corrected chi connectivity index (χ0v) is 28.4. The van der Waals surface area contributed by atoms with E-state index in [0.29, 0.717) is 0 Å². The van der Waals surface area contributed by atoms with Crippen LogP contribution < -0.4 is 15.9 Å². The van der Waals surface area contributed by atoms with Gasteiger partial charge in [-0.15, -0.1) is 0 Å². The molecule has 0 amide bonds. The number of fused-ring (bicyclic) bond motifs is 11. The number of hydrogen-bond donors (Lipinski definition) is 0. The molecule has 49 heavy (non-hydrogen) atoms. The van der Waals surface area contributed by atoms with Gasteiger partial charge in [-0.3, -0.25) is 0 Å². The van der Waals surface area contributed by atoms with Gasteiger partial charge in [0, 0.05) is 32.1 Å². The fourth-order valence-electron chi connectivity index (χ4n) is 9.23. The molecular weight excluding hydrogens is 613 g/mol. The highest BCUT2D eigenvalue weighted by atomic mass is 31.2. The zero-order valence-electron chi connectivity index (χ0n) is 27.5. The maximum Gasteiger partial charge on any atom is 0.171 e. The van der Waals surface area contributed by atoms with E-state index in [1.807, 2.05) is 60.7 Å². The summed E-state index contributed by atoms with van der Waals surface area (Å²) in [6.07, 6.45) is 0. The highest BCUT2D eigenvalue weighted by molar-refractivity contribution is 7.85. The van der Waals surface area contributed by atoms with Crippen molar-refractivity contribution < 1.29 is 4.57 Å². The lowest BCUT2D eigenvalue weighted by atomic mass is 9.53. The topological polar surface area (TPSA) is 22.0 Å². The van der Waals surface area contributed by atoms with E-state index in [9.17, 15) is 0 Å². The average Bonchev–Trinajstić information content (AvgIpc) is 3.50. The van der Waals surface area contributed by atoms with Gasteiger partial charge in [-0.05, 0) is 51.6 Å². The van der Waals surface area contributed by atoms with E-state index < -0.39 is 12.6 Å². The van der Waals surface area contributed by atoms with Gasteiger partial charge in [0.1, 0.15) is 0 Å². The molecule has 1 aliphatic heterocycles. The Balaban J connectivity index is 1.41. The lowest BCUT2D eigenvalue weighted by Gasteiger charge is -2.50. The van der Waals surface area contributed by atoms with Gasteiger partial charge < -0.3 is 9.13 Å². The van der Waals surface area contributed by atoms with Crippen molar-refractivity contribution in [2.45, 2.75) is 24.7 Å². The Kier molecular flexibility index (Phi) is 5.86. The molecule has 0 saturated carbocycles. The minimum absolute atomic E-state index is 0.286. The number of aromatic nitrogens is 1. The summed E-state index contributed by atoms with van der Waals surface area (Å²) in [5, 5.41) is 5.05. The molecule has 0 fully saturated rings. The molecule has 2 nitrogen and oxygen atoms in total. The van der Waals surface area contributed by atoms with Gasteiger partial charge >= 0.3 is 0 Å². The lowest BCUT2D eigenvalue weighted by molar-refractivity contribution is 0.556. The minimum Gasteiger partial charge on any atom is -0.309 e. The molecule has 1 unspecified atom stereocenters. The summed E-state index contributed by atoms with van der Waals surface area (Å²) < 4.78 is 18.4. The number of hydrogen-bond acceptors (Lipinski definition) is 1. The van der Waals surface area contributed by atoms with E-state index in [4.69, 9.17) is 0 Å². The third-order valence-electron chi connectivity index (χ3n) is 11.3. The van der Waals surface area contributed by atoms with Crippen LogP contribution in [-0.2, 0) is 15.4 Å². The van der Waals surface area contributed by atoms with Crippen molar-refractivity contribution in [1.82, 2.24) is 4.57 Å². The molecule has 0 radical (unpaired) electrons. The Morgan fingerprint density at radius 1 is 0.449 bits per heavy atom. The summed E-state index contributed by atoms with van der Waals surface area (Å²) in [6, 6.07) is 60.5. The second kappa shape index (κ2) is 10.0. The van der Waals surface area contributed by atoms with Crippen LogP contribution in [0.1, 0.15) is 47.2 Å². The predicted octanol–water partition coefficient (Wildman–Crippen LogP) is 9.76. The van der Waals surface area contributed by atoms with E-state index in [1.54, 1.807) is 0 Å². The molecular formula is C46H34NOP. The Morgan fingerprint density at radius 2 is 1.00 bits per heavy atom. The highest BCUT2D eigenvalue weighted by Crippen LogP contribution is 2.61.